The van der Waals surface area contributed by atoms with Gasteiger partial charge in [-0.05, 0) is 43.2 Å². The van der Waals surface area contributed by atoms with E-state index in [1.807, 2.05) is 59.2 Å². The van der Waals surface area contributed by atoms with Crippen LogP contribution in [-0.2, 0) is 20.9 Å². The molecule has 2 heterocycles. The van der Waals surface area contributed by atoms with Gasteiger partial charge in [0.05, 0.1) is 5.56 Å². The van der Waals surface area contributed by atoms with Crippen LogP contribution >= 0.6 is 0 Å². The smallest absolute Gasteiger partial charge is 0.344 e. The van der Waals surface area contributed by atoms with Gasteiger partial charge in [0.15, 0.2) is 6.61 Å². The number of imide groups is 1. The summed E-state index contributed by atoms with van der Waals surface area (Å²) in [6, 6.07) is 16.7. The zero-order valence-corrected chi connectivity index (χ0v) is 20.0. The maximum absolute atomic E-state index is 12.9. The third-order valence-corrected chi connectivity index (χ3v) is 7.06. The van der Waals surface area contributed by atoms with E-state index in [2.05, 4.69) is 17.7 Å². The molecule has 4 amide bonds. The fourth-order valence-corrected chi connectivity index (χ4v) is 5.00. The highest BCUT2D eigenvalue weighted by Gasteiger charge is 2.52. The Labute approximate surface area is 208 Å². The number of rotatable bonds is 6. The first-order chi connectivity index (χ1) is 17.4. The van der Waals surface area contributed by atoms with Crippen LogP contribution in [0.1, 0.15) is 48.5 Å². The van der Waals surface area contributed by atoms with Gasteiger partial charge < -0.3 is 14.6 Å². The van der Waals surface area contributed by atoms with Gasteiger partial charge >= 0.3 is 12.0 Å². The minimum Gasteiger partial charge on any atom is -0.452 e. The average Bonchev–Trinajstić information content (AvgIpc) is 3.36. The van der Waals surface area contributed by atoms with Crippen LogP contribution in [0.5, 0.6) is 0 Å². The van der Waals surface area contributed by atoms with Gasteiger partial charge in [0.2, 0.25) is 0 Å². The molecular formula is C27H28N4O5. The molecule has 1 spiro atoms. The fraction of sp³-hybridized carbons (Fsp3) is 0.333. The molecule has 9 heteroatoms. The molecule has 2 aromatic carbocycles. The maximum atomic E-state index is 12.9. The summed E-state index contributed by atoms with van der Waals surface area (Å²) in [5.74, 6) is -1.41. The second kappa shape index (κ2) is 9.49. The molecule has 1 aliphatic carbocycles. The van der Waals surface area contributed by atoms with Crippen LogP contribution in [0.25, 0.3) is 10.9 Å². The Morgan fingerprint density at radius 3 is 2.50 bits per heavy atom. The maximum Gasteiger partial charge on any atom is 0.344 e. The largest absolute Gasteiger partial charge is 0.452 e. The highest BCUT2D eigenvalue weighted by atomic mass is 16.5. The van der Waals surface area contributed by atoms with Crippen molar-refractivity contribution in [1.82, 2.24) is 20.3 Å². The van der Waals surface area contributed by atoms with Crippen molar-refractivity contribution in [2.24, 2.45) is 5.92 Å². The van der Waals surface area contributed by atoms with E-state index in [1.165, 1.54) is 0 Å². The average molecular weight is 489 g/mol. The lowest BCUT2D eigenvalue weighted by Crippen LogP contribution is -2.52. The van der Waals surface area contributed by atoms with Gasteiger partial charge in [0.25, 0.3) is 11.8 Å². The first kappa shape index (κ1) is 23.6. The van der Waals surface area contributed by atoms with Crippen LogP contribution in [0.2, 0.25) is 0 Å². The predicted octanol–water partition coefficient (Wildman–Crippen LogP) is 3.38. The van der Waals surface area contributed by atoms with E-state index in [9.17, 15) is 19.2 Å². The van der Waals surface area contributed by atoms with E-state index in [1.54, 1.807) is 6.20 Å². The number of aromatic nitrogens is 1. The van der Waals surface area contributed by atoms with E-state index >= 15 is 0 Å². The molecule has 0 bridgehead atoms. The molecule has 2 fully saturated rings. The van der Waals surface area contributed by atoms with Gasteiger partial charge in [-0.1, -0.05) is 55.5 Å². The van der Waals surface area contributed by atoms with Crippen LogP contribution in [0, 0.1) is 5.92 Å². The van der Waals surface area contributed by atoms with Gasteiger partial charge in [0, 0.05) is 23.6 Å². The van der Waals surface area contributed by atoms with Crippen molar-refractivity contribution < 1.29 is 23.9 Å². The summed E-state index contributed by atoms with van der Waals surface area (Å²) in [5, 5.41) is 4.16. The summed E-state index contributed by atoms with van der Waals surface area (Å²) in [7, 11) is 0. The van der Waals surface area contributed by atoms with Gasteiger partial charge in [-0.3, -0.25) is 15.0 Å². The number of nitrogens with one attached hydrogen (secondary N) is 2. The number of hydrogen-bond donors (Lipinski definition) is 2. The Morgan fingerprint density at radius 1 is 1.06 bits per heavy atom. The molecule has 1 aromatic heterocycles. The third-order valence-electron chi connectivity index (χ3n) is 7.06. The first-order valence-corrected chi connectivity index (χ1v) is 12.1. The molecule has 5 rings (SSSR count). The van der Waals surface area contributed by atoms with Crippen molar-refractivity contribution in [3.63, 3.8) is 0 Å². The van der Waals surface area contributed by atoms with Crippen molar-refractivity contribution in [3.05, 3.63) is 71.9 Å². The molecule has 1 saturated carbocycles. The Morgan fingerprint density at radius 2 is 1.75 bits per heavy atom. The molecule has 36 heavy (non-hydrogen) atoms. The van der Waals surface area contributed by atoms with Gasteiger partial charge in [-0.15, -0.1) is 0 Å². The number of esters is 1. The molecule has 0 unspecified atom stereocenters. The van der Waals surface area contributed by atoms with Crippen molar-refractivity contribution in [3.8, 4) is 0 Å². The normalized spacial score (nSPS) is 21.6. The minimum absolute atomic E-state index is 0.333. The number of ether oxygens (including phenoxy) is 1. The molecule has 2 N–H and O–H groups in total. The highest BCUT2D eigenvalue weighted by Crippen LogP contribution is 2.35. The summed E-state index contributed by atoms with van der Waals surface area (Å²) < 4.78 is 7.22. The minimum atomic E-state index is -0.964. The van der Waals surface area contributed by atoms with Crippen LogP contribution in [0.4, 0.5) is 4.79 Å². The van der Waals surface area contributed by atoms with Crippen molar-refractivity contribution >= 4 is 34.7 Å². The Kier molecular flexibility index (Phi) is 6.22. The van der Waals surface area contributed by atoms with Crippen LogP contribution < -0.4 is 10.7 Å². The second-order valence-electron chi connectivity index (χ2n) is 9.62. The van der Waals surface area contributed by atoms with Crippen molar-refractivity contribution in [2.45, 2.75) is 44.7 Å². The van der Waals surface area contributed by atoms with E-state index in [-0.39, 0.29) is 0 Å². The lowest BCUT2D eigenvalue weighted by Gasteiger charge is -2.33. The summed E-state index contributed by atoms with van der Waals surface area (Å²) in [4.78, 5) is 50.7. The zero-order chi connectivity index (χ0) is 25.3. The van der Waals surface area contributed by atoms with Crippen LogP contribution in [0.15, 0.2) is 60.8 Å². The molecule has 3 aromatic rings. The van der Waals surface area contributed by atoms with Gasteiger partial charge in [-0.25, -0.2) is 9.59 Å². The van der Waals surface area contributed by atoms with Crippen molar-refractivity contribution in [1.29, 1.82) is 0 Å². The van der Waals surface area contributed by atoms with E-state index in [0.717, 1.165) is 23.9 Å². The molecule has 186 valence electrons. The topological polar surface area (TPSA) is 110 Å². The summed E-state index contributed by atoms with van der Waals surface area (Å²) >= 11 is 0. The third kappa shape index (κ3) is 4.44. The molecule has 2 aliphatic rings. The molecular weight excluding hydrogens is 460 g/mol. The Hall–Kier alpha value is -4.14. The molecule has 1 aliphatic heterocycles. The molecule has 0 atom stereocenters. The number of benzene rings is 2. The number of fused-ring (bicyclic) bond motifs is 1. The van der Waals surface area contributed by atoms with Gasteiger partial charge in [0.1, 0.15) is 5.54 Å². The number of para-hydroxylation sites is 1. The number of hydrazine groups is 1. The highest BCUT2D eigenvalue weighted by molar-refractivity contribution is 6.08. The summed E-state index contributed by atoms with van der Waals surface area (Å²) in [6.45, 7) is 2.06. The quantitative estimate of drug-likeness (QED) is 0.408. The fourth-order valence-electron chi connectivity index (χ4n) is 5.00. The lowest BCUT2D eigenvalue weighted by molar-refractivity contribution is -0.141. The van der Waals surface area contributed by atoms with E-state index in [0.29, 0.717) is 41.3 Å². The number of urea groups is 1. The number of carbonyl (C=O) groups excluding carboxylic acids is 4. The number of amides is 4. The summed E-state index contributed by atoms with van der Waals surface area (Å²) in [5.41, 5.74) is 3.61. The molecule has 1 saturated heterocycles. The predicted molar refractivity (Wildman–Crippen MR) is 132 cm³/mol. The Bertz CT molecular complexity index is 1320. The number of carbonyl (C=O) groups is 4. The standard InChI is InChI=1S/C27H28N4O5/c1-18-11-13-27(14-12-18)25(34)31(26(35)28-27)29-23(32)17-36-24(33)21-16-30(15-19-7-3-2-4-8-19)22-10-6-5-9-20(21)22/h2-10,16,18H,11-15,17H2,1H3,(H,28,35)(H,29,32). The lowest BCUT2D eigenvalue weighted by atomic mass is 9.77. The number of hydrogen-bond acceptors (Lipinski definition) is 5. The van der Waals surface area contributed by atoms with Gasteiger partial charge in [-0.2, -0.15) is 5.01 Å². The molecule has 0 radical (unpaired) electrons. The number of nitrogens with zero attached hydrogens (tertiary/aromatic N) is 2. The van der Waals surface area contributed by atoms with E-state index < -0.39 is 36.0 Å². The SMILES string of the molecule is CC1CCC2(CC1)NC(=O)N(NC(=O)COC(=O)c1cn(Cc3ccccc3)c3ccccc13)C2=O. The van der Waals surface area contributed by atoms with Crippen molar-refractivity contribution in [2.75, 3.05) is 6.61 Å². The summed E-state index contributed by atoms with van der Waals surface area (Å²) in [6.07, 6.45) is 4.43. The Balaban J connectivity index is 1.24. The molecule has 9 nitrogen and oxygen atoms in total. The van der Waals surface area contributed by atoms with Crippen LogP contribution in [-0.4, -0.2) is 45.5 Å². The first-order valence-electron chi connectivity index (χ1n) is 12.1. The van der Waals surface area contributed by atoms with Crippen LogP contribution in [0.3, 0.4) is 0 Å². The second-order valence-corrected chi connectivity index (χ2v) is 9.62. The van der Waals surface area contributed by atoms with E-state index in [4.69, 9.17) is 4.74 Å². The monoisotopic (exact) mass is 488 g/mol. The zero-order valence-electron chi connectivity index (χ0n) is 20.0.